The molecular formula is C20H16N2O5. The Morgan fingerprint density at radius 2 is 1.81 bits per heavy atom. The lowest BCUT2D eigenvalue weighted by atomic mass is 9.96. The fourth-order valence-electron chi connectivity index (χ4n) is 3.65. The highest BCUT2D eigenvalue weighted by atomic mass is 16.4. The van der Waals surface area contributed by atoms with Crippen molar-refractivity contribution in [3.63, 3.8) is 0 Å². The van der Waals surface area contributed by atoms with Crippen LogP contribution in [0.1, 0.15) is 39.1 Å². The van der Waals surface area contributed by atoms with Crippen molar-refractivity contribution >= 4 is 23.7 Å². The number of hydrogen-bond acceptors (Lipinski definition) is 4. The van der Waals surface area contributed by atoms with Gasteiger partial charge in [0.2, 0.25) is 11.8 Å². The van der Waals surface area contributed by atoms with Crippen molar-refractivity contribution in [2.24, 2.45) is 0 Å². The first-order valence-electron chi connectivity index (χ1n) is 8.56. The summed E-state index contributed by atoms with van der Waals surface area (Å²) in [5, 5.41) is 11.3. The van der Waals surface area contributed by atoms with E-state index in [-0.39, 0.29) is 23.8 Å². The van der Waals surface area contributed by atoms with E-state index in [4.69, 9.17) is 5.11 Å². The Bertz CT molecular complexity index is 980. The Hall–Kier alpha value is -3.48. The van der Waals surface area contributed by atoms with Crippen LogP contribution in [-0.2, 0) is 16.1 Å². The molecule has 1 atom stereocenters. The average molecular weight is 364 g/mol. The van der Waals surface area contributed by atoms with Gasteiger partial charge in [0.05, 0.1) is 11.1 Å². The second-order valence-electron chi connectivity index (χ2n) is 6.62. The molecule has 2 aromatic rings. The topological polar surface area (TPSA) is 104 Å². The Balaban J connectivity index is 1.68. The van der Waals surface area contributed by atoms with Gasteiger partial charge in [-0.3, -0.25) is 19.7 Å². The number of aromatic carboxylic acids is 1. The van der Waals surface area contributed by atoms with Crippen LogP contribution >= 0.6 is 0 Å². The summed E-state index contributed by atoms with van der Waals surface area (Å²) in [6.45, 7) is 0.307. The zero-order valence-corrected chi connectivity index (χ0v) is 14.3. The van der Waals surface area contributed by atoms with E-state index in [0.29, 0.717) is 24.1 Å². The van der Waals surface area contributed by atoms with Gasteiger partial charge in [0, 0.05) is 13.0 Å². The number of nitrogens with one attached hydrogen (secondary N) is 1. The minimum Gasteiger partial charge on any atom is -0.478 e. The number of imide groups is 1. The van der Waals surface area contributed by atoms with Gasteiger partial charge in [-0.2, -0.15) is 0 Å². The van der Waals surface area contributed by atoms with Crippen molar-refractivity contribution < 1.29 is 24.3 Å². The maximum atomic E-state index is 13.1. The molecule has 7 heteroatoms. The summed E-state index contributed by atoms with van der Waals surface area (Å²) in [5.41, 5.74) is 2.93. The molecule has 27 heavy (non-hydrogen) atoms. The first-order valence-corrected chi connectivity index (χ1v) is 8.56. The van der Waals surface area contributed by atoms with Crippen molar-refractivity contribution in [1.29, 1.82) is 0 Å². The first kappa shape index (κ1) is 17.0. The zero-order valence-electron chi connectivity index (χ0n) is 14.3. The van der Waals surface area contributed by atoms with Gasteiger partial charge in [-0.1, -0.05) is 30.3 Å². The SMILES string of the molecule is O=C1CCC(N2Cc3cccc(-c4ccc(C(=O)O)cc4)c3C2=O)C(=O)N1. The largest absolute Gasteiger partial charge is 0.478 e. The van der Waals surface area contributed by atoms with Crippen LogP contribution in [-0.4, -0.2) is 39.7 Å². The van der Waals surface area contributed by atoms with Crippen LogP contribution in [0.5, 0.6) is 0 Å². The van der Waals surface area contributed by atoms with Crippen molar-refractivity contribution in [3.05, 3.63) is 59.2 Å². The summed E-state index contributed by atoms with van der Waals surface area (Å²) < 4.78 is 0. The molecule has 0 radical (unpaired) electrons. The maximum absolute atomic E-state index is 13.1. The van der Waals surface area contributed by atoms with Crippen molar-refractivity contribution in [1.82, 2.24) is 10.2 Å². The van der Waals surface area contributed by atoms with Gasteiger partial charge in [-0.05, 0) is 35.2 Å². The number of fused-ring (bicyclic) bond motifs is 1. The van der Waals surface area contributed by atoms with Crippen LogP contribution in [0.2, 0.25) is 0 Å². The smallest absolute Gasteiger partial charge is 0.335 e. The molecule has 1 unspecified atom stereocenters. The van der Waals surface area contributed by atoms with E-state index in [1.54, 1.807) is 18.2 Å². The third-order valence-electron chi connectivity index (χ3n) is 5.00. The van der Waals surface area contributed by atoms with Crippen molar-refractivity contribution in [2.75, 3.05) is 0 Å². The minimum absolute atomic E-state index is 0.169. The van der Waals surface area contributed by atoms with Crippen LogP contribution in [0.25, 0.3) is 11.1 Å². The number of amides is 3. The third-order valence-corrected chi connectivity index (χ3v) is 5.00. The first-order chi connectivity index (χ1) is 13.0. The Kier molecular flexibility index (Phi) is 3.99. The summed E-state index contributed by atoms with van der Waals surface area (Å²) >= 11 is 0. The molecule has 2 heterocycles. The number of carbonyl (C=O) groups excluding carboxylic acids is 3. The van der Waals surface area contributed by atoms with E-state index in [2.05, 4.69) is 5.32 Å². The molecule has 0 aromatic heterocycles. The van der Waals surface area contributed by atoms with Crippen LogP contribution in [0.3, 0.4) is 0 Å². The molecular weight excluding hydrogens is 348 g/mol. The molecule has 2 aliphatic heterocycles. The number of carboxylic acid groups (broad SMARTS) is 1. The van der Waals surface area contributed by atoms with Gasteiger partial charge in [0.25, 0.3) is 5.91 Å². The van der Waals surface area contributed by atoms with Gasteiger partial charge >= 0.3 is 5.97 Å². The van der Waals surface area contributed by atoms with Gasteiger partial charge in [-0.15, -0.1) is 0 Å². The van der Waals surface area contributed by atoms with E-state index < -0.39 is 17.9 Å². The second-order valence-corrected chi connectivity index (χ2v) is 6.62. The Morgan fingerprint density at radius 3 is 2.48 bits per heavy atom. The number of hydrogen-bond donors (Lipinski definition) is 2. The molecule has 0 saturated carbocycles. The lowest BCUT2D eigenvalue weighted by Crippen LogP contribution is -2.52. The zero-order chi connectivity index (χ0) is 19.1. The fourth-order valence-corrected chi connectivity index (χ4v) is 3.65. The molecule has 136 valence electrons. The van der Waals surface area contributed by atoms with Gasteiger partial charge < -0.3 is 10.0 Å². The standard InChI is InChI=1S/C20H16N2O5/c23-16-9-8-15(18(24)21-16)22-10-13-2-1-3-14(17(13)19(22)25)11-4-6-12(7-5-11)20(26)27/h1-7,15H,8-10H2,(H,26,27)(H,21,23,24). The lowest BCUT2D eigenvalue weighted by Gasteiger charge is -2.29. The summed E-state index contributed by atoms with van der Waals surface area (Å²) in [7, 11) is 0. The van der Waals surface area contributed by atoms with E-state index in [0.717, 1.165) is 11.1 Å². The van der Waals surface area contributed by atoms with E-state index in [1.807, 2.05) is 12.1 Å². The number of piperidine rings is 1. The number of benzene rings is 2. The fraction of sp³-hybridized carbons (Fsp3) is 0.200. The van der Waals surface area contributed by atoms with Crippen LogP contribution in [0.15, 0.2) is 42.5 Å². The number of carboxylic acids is 1. The molecule has 4 rings (SSSR count). The van der Waals surface area contributed by atoms with Crippen molar-refractivity contribution in [2.45, 2.75) is 25.4 Å². The quantitative estimate of drug-likeness (QED) is 0.809. The second kappa shape index (κ2) is 6.35. The van der Waals surface area contributed by atoms with Crippen LogP contribution in [0.4, 0.5) is 0 Å². The Labute approximate surface area is 154 Å². The molecule has 2 aromatic carbocycles. The van der Waals surface area contributed by atoms with Gasteiger partial charge in [0.15, 0.2) is 0 Å². The molecule has 0 spiro atoms. The average Bonchev–Trinajstić information content (AvgIpc) is 2.98. The molecule has 1 saturated heterocycles. The van der Waals surface area contributed by atoms with E-state index in [1.165, 1.54) is 17.0 Å². The summed E-state index contributed by atoms with van der Waals surface area (Å²) in [5.74, 6) is -2.03. The number of nitrogens with zero attached hydrogens (tertiary/aromatic N) is 1. The summed E-state index contributed by atoms with van der Waals surface area (Å²) in [6, 6.07) is 11.1. The molecule has 1 fully saturated rings. The summed E-state index contributed by atoms with van der Waals surface area (Å²) in [6.07, 6.45) is 0.521. The molecule has 2 N–H and O–H groups in total. The Morgan fingerprint density at radius 1 is 1.07 bits per heavy atom. The predicted octanol–water partition coefficient (Wildman–Crippen LogP) is 1.81. The minimum atomic E-state index is -1.01. The highest BCUT2D eigenvalue weighted by molar-refractivity contribution is 6.08. The van der Waals surface area contributed by atoms with Crippen LogP contribution in [0, 0.1) is 0 Å². The van der Waals surface area contributed by atoms with Gasteiger partial charge in [0.1, 0.15) is 6.04 Å². The highest BCUT2D eigenvalue weighted by Gasteiger charge is 2.40. The molecule has 2 aliphatic rings. The molecule has 7 nitrogen and oxygen atoms in total. The highest BCUT2D eigenvalue weighted by Crippen LogP contribution is 2.34. The maximum Gasteiger partial charge on any atom is 0.335 e. The normalized spacial score (nSPS) is 19.0. The predicted molar refractivity (Wildman–Crippen MR) is 94.9 cm³/mol. The van der Waals surface area contributed by atoms with E-state index in [9.17, 15) is 19.2 Å². The molecule has 3 amide bonds. The molecule has 0 bridgehead atoms. The van der Waals surface area contributed by atoms with Gasteiger partial charge in [-0.25, -0.2) is 4.79 Å². The van der Waals surface area contributed by atoms with Crippen LogP contribution < -0.4 is 5.32 Å². The number of rotatable bonds is 3. The van der Waals surface area contributed by atoms with E-state index >= 15 is 0 Å². The number of carbonyl (C=O) groups is 4. The lowest BCUT2D eigenvalue weighted by molar-refractivity contribution is -0.136. The molecule has 0 aliphatic carbocycles. The third kappa shape index (κ3) is 2.87. The monoisotopic (exact) mass is 364 g/mol. The summed E-state index contributed by atoms with van der Waals surface area (Å²) in [4.78, 5) is 49.1. The van der Waals surface area contributed by atoms with Crippen molar-refractivity contribution in [3.8, 4) is 11.1 Å².